The minimum atomic E-state index is -3.73. The SMILES string of the molecule is O=S(=O)(Nc1ccc(CCCl)cc1)c1cc(Cl)sc1Cl. The zero-order chi connectivity index (χ0) is 14.8. The van der Waals surface area contributed by atoms with Crippen LogP contribution in [0.15, 0.2) is 35.2 Å². The Bertz CT molecular complexity index is 696. The third-order valence-corrected chi connectivity index (χ3v) is 5.83. The molecule has 0 bridgehead atoms. The second kappa shape index (κ2) is 6.54. The lowest BCUT2D eigenvalue weighted by Gasteiger charge is -2.07. The smallest absolute Gasteiger partial charge is 0.264 e. The fourth-order valence-electron chi connectivity index (χ4n) is 1.57. The van der Waals surface area contributed by atoms with Crippen LogP contribution in [-0.2, 0) is 16.4 Å². The van der Waals surface area contributed by atoms with Crippen molar-refractivity contribution in [3.05, 3.63) is 44.6 Å². The van der Waals surface area contributed by atoms with Gasteiger partial charge in [-0.1, -0.05) is 35.3 Å². The maximum Gasteiger partial charge on any atom is 0.264 e. The van der Waals surface area contributed by atoms with E-state index < -0.39 is 10.0 Å². The summed E-state index contributed by atoms with van der Waals surface area (Å²) in [6.45, 7) is 0. The molecule has 2 rings (SSSR count). The molecule has 0 aliphatic heterocycles. The number of aryl methyl sites for hydroxylation is 1. The van der Waals surface area contributed by atoms with Crippen LogP contribution >= 0.6 is 46.1 Å². The van der Waals surface area contributed by atoms with E-state index in [4.69, 9.17) is 34.8 Å². The van der Waals surface area contributed by atoms with Crippen molar-refractivity contribution in [3.8, 4) is 0 Å². The quantitative estimate of drug-likeness (QED) is 0.779. The molecule has 8 heteroatoms. The maximum absolute atomic E-state index is 12.2. The second-order valence-electron chi connectivity index (χ2n) is 3.93. The monoisotopic (exact) mass is 369 g/mol. The topological polar surface area (TPSA) is 46.2 Å². The summed E-state index contributed by atoms with van der Waals surface area (Å²) < 4.78 is 27.3. The molecular weight excluding hydrogens is 361 g/mol. The van der Waals surface area contributed by atoms with Crippen molar-refractivity contribution in [1.29, 1.82) is 0 Å². The largest absolute Gasteiger partial charge is 0.280 e. The number of alkyl halides is 1. The Morgan fingerprint density at radius 1 is 1.15 bits per heavy atom. The van der Waals surface area contributed by atoms with Gasteiger partial charge >= 0.3 is 0 Å². The molecule has 1 aromatic heterocycles. The highest BCUT2D eigenvalue weighted by atomic mass is 35.5. The molecule has 0 aliphatic rings. The van der Waals surface area contributed by atoms with Gasteiger partial charge in [-0.15, -0.1) is 22.9 Å². The van der Waals surface area contributed by atoms with Gasteiger partial charge in [-0.25, -0.2) is 8.42 Å². The van der Waals surface area contributed by atoms with Crippen molar-refractivity contribution in [2.45, 2.75) is 11.3 Å². The summed E-state index contributed by atoms with van der Waals surface area (Å²) >= 11 is 18.3. The number of halogens is 3. The van der Waals surface area contributed by atoms with Crippen molar-refractivity contribution >= 4 is 61.9 Å². The summed E-state index contributed by atoms with van der Waals surface area (Å²) in [5.74, 6) is 0.522. The van der Waals surface area contributed by atoms with Crippen LogP contribution in [0.4, 0.5) is 5.69 Å². The normalized spacial score (nSPS) is 11.6. The summed E-state index contributed by atoms with van der Waals surface area (Å²) in [6.07, 6.45) is 0.737. The fourth-order valence-corrected chi connectivity index (χ4v) is 4.99. The Balaban J connectivity index is 2.22. The highest BCUT2D eigenvalue weighted by Crippen LogP contribution is 2.35. The standard InChI is InChI=1S/C12H10Cl3NO2S2/c13-6-5-8-1-3-9(4-2-8)16-20(17,18)10-7-11(14)19-12(10)15/h1-4,7,16H,5-6H2. The van der Waals surface area contributed by atoms with Gasteiger partial charge in [-0.3, -0.25) is 4.72 Å². The minimum absolute atomic E-state index is 0.0148. The van der Waals surface area contributed by atoms with E-state index in [0.29, 0.717) is 15.9 Å². The molecule has 1 heterocycles. The van der Waals surface area contributed by atoms with Crippen LogP contribution in [0.1, 0.15) is 5.56 Å². The van der Waals surface area contributed by atoms with Crippen molar-refractivity contribution in [3.63, 3.8) is 0 Å². The highest BCUT2D eigenvalue weighted by molar-refractivity contribution is 7.93. The molecule has 3 nitrogen and oxygen atoms in total. The molecule has 0 radical (unpaired) electrons. The molecule has 0 spiro atoms. The lowest BCUT2D eigenvalue weighted by molar-refractivity contribution is 0.601. The number of benzene rings is 1. The van der Waals surface area contributed by atoms with Gasteiger partial charge in [0.1, 0.15) is 9.23 Å². The average Bonchev–Trinajstić information content (AvgIpc) is 2.72. The van der Waals surface area contributed by atoms with Crippen LogP contribution in [-0.4, -0.2) is 14.3 Å². The summed E-state index contributed by atoms with van der Waals surface area (Å²) in [4.78, 5) is -0.0148. The zero-order valence-electron chi connectivity index (χ0n) is 10.1. The van der Waals surface area contributed by atoms with E-state index in [2.05, 4.69) is 4.72 Å². The molecule has 0 amide bonds. The number of thiophene rings is 1. The predicted molar refractivity (Wildman–Crippen MR) is 86.0 cm³/mol. The average molecular weight is 371 g/mol. The van der Waals surface area contributed by atoms with Crippen LogP contribution in [0.5, 0.6) is 0 Å². The van der Waals surface area contributed by atoms with Crippen LogP contribution in [0, 0.1) is 0 Å². The Kier molecular flexibility index (Phi) is 5.20. The first-order valence-electron chi connectivity index (χ1n) is 5.55. The number of nitrogens with one attached hydrogen (secondary N) is 1. The first-order valence-corrected chi connectivity index (χ1v) is 9.14. The van der Waals surface area contributed by atoms with E-state index >= 15 is 0 Å². The van der Waals surface area contributed by atoms with Crippen LogP contribution in [0.3, 0.4) is 0 Å². The van der Waals surface area contributed by atoms with Crippen LogP contribution in [0.2, 0.25) is 8.67 Å². The van der Waals surface area contributed by atoms with Gasteiger partial charge in [0.2, 0.25) is 0 Å². The van der Waals surface area contributed by atoms with Gasteiger partial charge in [0.25, 0.3) is 10.0 Å². The zero-order valence-corrected chi connectivity index (χ0v) is 14.0. The number of hydrogen-bond acceptors (Lipinski definition) is 3. The van der Waals surface area contributed by atoms with E-state index in [-0.39, 0.29) is 9.23 Å². The predicted octanol–water partition coefficient (Wildman–Crippen LogP) is 4.64. The lowest BCUT2D eigenvalue weighted by atomic mass is 10.2. The van der Waals surface area contributed by atoms with Gasteiger partial charge in [0, 0.05) is 11.6 Å². The number of hydrogen-bond donors (Lipinski definition) is 1. The molecule has 0 fully saturated rings. The van der Waals surface area contributed by atoms with Crippen molar-refractivity contribution in [2.75, 3.05) is 10.6 Å². The van der Waals surface area contributed by atoms with E-state index in [1.807, 2.05) is 12.1 Å². The van der Waals surface area contributed by atoms with Gasteiger partial charge in [-0.2, -0.15) is 0 Å². The molecule has 108 valence electrons. The Morgan fingerprint density at radius 2 is 1.80 bits per heavy atom. The van der Waals surface area contributed by atoms with Gasteiger partial charge in [0.15, 0.2) is 0 Å². The van der Waals surface area contributed by atoms with Crippen molar-refractivity contribution in [1.82, 2.24) is 0 Å². The third kappa shape index (κ3) is 3.80. The number of rotatable bonds is 5. The molecule has 0 saturated carbocycles. The van der Waals surface area contributed by atoms with Crippen molar-refractivity contribution in [2.24, 2.45) is 0 Å². The molecule has 0 unspecified atom stereocenters. The summed E-state index contributed by atoms with van der Waals surface area (Å²) in [7, 11) is -3.73. The lowest BCUT2D eigenvalue weighted by Crippen LogP contribution is -2.12. The summed E-state index contributed by atoms with van der Waals surface area (Å²) in [5, 5.41) is 0. The number of anilines is 1. The van der Waals surface area contributed by atoms with E-state index in [1.54, 1.807) is 12.1 Å². The third-order valence-electron chi connectivity index (χ3n) is 2.50. The Morgan fingerprint density at radius 3 is 2.30 bits per heavy atom. The van der Waals surface area contributed by atoms with Gasteiger partial charge in [-0.05, 0) is 30.2 Å². The van der Waals surface area contributed by atoms with E-state index in [9.17, 15) is 8.42 Å². The molecular formula is C12H10Cl3NO2S2. The van der Waals surface area contributed by atoms with E-state index in [1.165, 1.54) is 6.07 Å². The Hall–Kier alpha value is -0.460. The minimum Gasteiger partial charge on any atom is -0.280 e. The molecule has 1 aromatic carbocycles. The molecule has 0 saturated heterocycles. The first kappa shape index (κ1) is 15.9. The van der Waals surface area contributed by atoms with Gasteiger partial charge < -0.3 is 0 Å². The fraction of sp³-hybridized carbons (Fsp3) is 0.167. The van der Waals surface area contributed by atoms with Crippen LogP contribution in [0.25, 0.3) is 0 Å². The molecule has 0 atom stereocenters. The van der Waals surface area contributed by atoms with Crippen molar-refractivity contribution < 1.29 is 8.42 Å². The van der Waals surface area contributed by atoms with Gasteiger partial charge in [0.05, 0.1) is 4.34 Å². The molecule has 0 aliphatic carbocycles. The first-order chi connectivity index (χ1) is 9.42. The second-order valence-corrected chi connectivity index (χ2v) is 8.24. The molecule has 1 N–H and O–H groups in total. The summed E-state index contributed by atoms with van der Waals surface area (Å²) in [5.41, 5.74) is 1.50. The highest BCUT2D eigenvalue weighted by Gasteiger charge is 2.21. The molecule has 20 heavy (non-hydrogen) atoms. The van der Waals surface area contributed by atoms with E-state index in [0.717, 1.165) is 23.3 Å². The molecule has 2 aromatic rings. The Labute approximate surface area is 136 Å². The summed E-state index contributed by atoms with van der Waals surface area (Å²) in [6, 6.07) is 8.34. The van der Waals surface area contributed by atoms with Crippen LogP contribution < -0.4 is 4.72 Å². The maximum atomic E-state index is 12.2. The number of sulfonamides is 1.